The topological polar surface area (TPSA) is 81.6 Å². The van der Waals surface area contributed by atoms with Gasteiger partial charge in [0, 0.05) is 48.5 Å². The lowest BCUT2D eigenvalue weighted by atomic mass is 9.92. The molecule has 2 heterocycles. The van der Waals surface area contributed by atoms with Crippen LogP contribution in [0.3, 0.4) is 0 Å². The van der Waals surface area contributed by atoms with Crippen molar-refractivity contribution in [3.8, 4) is 0 Å². The molecule has 0 bridgehead atoms. The summed E-state index contributed by atoms with van der Waals surface area (Å²) in [7, 11) is 3.98. The molecule has 2 atom stereocenters. The van der Waals surface area contributed by atoms with E-state index in [1.165, 1.54) is 16.6 Å². The number of benzene rings is 2. The van der Waals surface area contributed by atoms with Gasteiger partial charge in [0.1, 0.15) is 11.3 Å². The Bertz CT molecular complexity index is 1580. The summed E-state index contributed by atoms with van der Waals surface area (Å²) in [4.78, 5) is 36.0. The van der Waals surface area contributed by atoms with Crippen LogP contribution in [-0.2, 0) is 16.1 Å². The lowest BCUT2D eigenvalue weighted by molar-refractivity contribution is -0.147. The number of nitrogens with one attached hydrogen (secondary N) is 2. The van der Waals surface area contributed by atoms with E-state index in [2.05, 4.69) is 55.3 Å². The maximum absolute atomic E-state index is 14.4. The van der Waals surface area contributed by atoms with Gasteiger partial charge in [0.05, 0.1) is 12.8 Å². The fraction of sp³-hybridized carbons (Fsp3) is 0.429. The molecule has 0 saturated heterocycles. The number of aromatic nitrogens is 1. The summed E-state index contributed by atoms with van der Waals surface area (Å²) in [6.45, 7) is 6.95. The lowest BCUT2D eigenvalue weighted by Gasteiger charge is -2.40. The molecule has 7 nitrogen and oxygen atoms in total. The number of amides is 2. The SMILES string of the molecule is Cc1[nH]c2ccccc2c1C1C(CC(=O)N(Cc2ccco2)C2(C(=O)Nc3ccc(N(C)C)cc3)CCCC2)C1(C)C. The summed E-state index contributed by atoms with van der Waals surface area (Å²) >= 11 is 0. The molecule has 4 aromatic rings. The van der Waals surface area contributed by atoms with Gasteiger partial charge < -0.3 is 24.5 Å². The number of H-pyrrole nitrogens is 1. The standard InChI is InChI=1S/C35H42N4O3/c1-23-31(27-12-6-7-13-29(27)36-23)32-28(34(32,2)3)21-30(40)39(22-26-11-10-20-42-26)35(18-8-9-19-35)33(41)37-24-14-16-25(17-15-24)38(4)5/h6-7,10-17,20,28,32,36H,8-9,18-19,21-22H2,1-5H3,(H,37,41). The first-order chi connectivity index (χ1) is 20.1. The Hall–Kier alpha value is -4.00. The van der Waals surface area contributed by atoms with Crippen LogP contribution in [0.5, 0.6) is 0 Å². The van der Waals surface area contributed by atoms with Crippen molar-refractivity contribution in [2.24, 2.45) is 11.3 Å². The van der Waals surface area contributed by atoms with Crippen LogP contribution in [0.1, 0.15) is 68.9 Å². The van der Waals surface area contributed by atoms with Crippen LogP contribution in [0, 0.1) is 18.3 Å². The van der Waals surface area contributed by atoms with Gasteiger partial charge in [-0.15, -0.1) is 0 Å². The Labute approximate surface area is 248 Å². The van der Waals surface area contributed by atoms with Gasteiger partial charge >= 0.3 is 0 Å². The first-order valence-electron chi connectivity index (χ1n) is 15.1. The molecule has 2 fully saturated rings. The second kappa shape index (κ2) is 10.7. The second-order valence-electron chi connectivity index (χ2n) is 13.0. The Balaban J connectivity index is 1.29. The summed E-state index contributed by atoms with van der Waals surface area (Å²) in [5, 5.41) is 4.40. The van der Waals surface area contributed by atoms with E-state index in [1.807, 2.05) is 60.3 Å². The molecular formula is C35H42N4O3. The predicted octanol–water partition coefficient (Wildman–Crippen LogP) is 7.25. The number of carbonyl (C=O) groups is 2. The van der Waals surface area contributed by atoms with Crippen molar-refractivity contribution in [2.45, 2.75) is 70.9 Å². The van der Waals surface area contributed by atoms with E-state index in [4.69, 9.17) is 4.42 Å². The second-order valence-corrected chi connectivity index (χ2v) is 13.0. The summed E-state index contributed by atoms with van der Waals surface area (Å²) in [5.74, 6) is 1.05. The van der Waals surface area contributed by atoms with E-state index >= 15 is 0 Å². The van der Waals surface area contributed by atoms with E-state index in [1.54, 1.807) is 6.26 Å². The highest BCUT2D eigenvalue weighted by molar-refractivity contribution is 6.01. The van der Waals surface area contributed by atoms with Gasteiger partial charge in [0.2, 0.25) is 11.8 Å². The fourth-order valence-corrected chi connectivity index (χ4v) is 7.40. The highest BCUT2D eigenvalue weighted by Crippen LogP contribution is 2.67. The molecule has 0 spiro atoms. The normalized spacial score (nSPS) is 20.4. The van der Waals surface area contributed by atoms with E-state index < -0.39 is 5.54 Å². The number of para-hydroxylation sites is 1. The first kappa shape index (κ1) is 28.1. The molecule has 2 saturated carbocycles. The van der Waals surface area contributed by atoms with Crippen LogP contribution in [0.2, 0.25) is 0 Å². The van der Waals surface area contributed by atoms with Gasteiger partial charge in [0.15, 0.2) is 0 Å². The van der Waals surface area contributed by atoms with E-state index in [-0.39, 0.29) is 35.6 Å². The number of aromatic amines is 1. The molecule has 2 unspecified atom stereocenters. The minimum absolute atomic E-state index is 0.0180. The largest absolute Gasteiger partial charge is 0.467 e. The van der Waals surface area contributed by atoms with Crippen LogP contribution in [0.25, 0.3) is 10.9 Å². The molecular weight excluding hydrogens is 524 g/mol. The minimum atomic E-state index is -0.921. The van der Waals surface area contributed by atoms with Crippen molar-refractivity contribution in [1.29, 1.82) is 0 Å². The Morgan fingerprint density at radius 3 is 2.38 bits per heavy atom. The smallest absolute Gasteiger partial charge is 0.250 e. The fourth-order valence-electron chi connectivity index (χ4n) is 7.40. The number of hydrogen-bond donors (Lipinski definition) is 2. The maximum atomic E-state index is 14.4. The van der Waals surface area contributed by atoms with Gasteiger partial charge in [-0.05, 0) is 85.0 Å². The number of furan rings is 1. The van der Waals surface area contributed by atoms with E-state index in [0.29, 0.717) is 25.0 Å². The van der Waals surface area contributed by atoms with Crippen molar-refractivity contribution in [3.63, 3.8) is 0 Å². The molecule has 2 aromatic heterocycles. The highest BCUT2D eigenvalue weighted by Gasteiger charge is 2.60. The maximum Gasteiger partial charge on any atom is 0.250 e. The van der Waals surface area contributed by atoms with Crippen molar-refractivity contribution in [1.82, 2.24) is 9.88 Å². The summed E-state index contributed by atoms with van der Waals surface area (Å²) in [6, 6.07) is 20.0. The van der Waals surface area contributed by atoms with Gasteiger partial charge in [-0.3, -0.25) is 9.59 Å². The zero-order chi connectivity index (χ0) is 29.6. The predicted molar refractivity (Wildman–Crippen MR) is 168 cm³/mol. The number of nitrogens with zero attached hydrogens (tertiary/aromatic N) is 2. The molecule has 2 N–H and O–H groups in total. The quantitative estimate of drug-likeness (QED) is 0.224. The number of fused-ring (bicyclic) bond motifs is 1. The molecule has 2 aromatic carbocycles. The molecule has 0 radical (unpaired) electrons. The van der Waals surface area contributed by atoms with Crippen LogP contribution >= 0.6 is 0 Å². The van der Waals surface area contributed by atoms with Gasteiger partial charge in [-0.2, -0.15) is 0 Å². The van der Waals surface area contributed by atoms with Crippen molar-refractivity contribution in [3.05, 3.63) is 83.9 Å². The van der Waals surface area contributed by atoms with Crippen molar-refractivity contribution in [2.75, 3.05) is 24.3 Å². The summed E-state index contributed by atoms with van der Waals surface area (Å²) in [6.07, 6.45) is 5.11. The van der Waals surface area contributed by atoms with E-state index in [9.17, 15) is 9.59 Å². The highest BCUT2D eigenvalue weighted by atomic mass is 16.3. The van der Waals surface area contributed by atoms with Gasteiger partial charge in [-0.1, -0.05) is 44.9 Å². The monoisotopic (exact) mass is 566 g/mol. The molecule has 6 rings (SSSR count). The van der Waals surface area contributed by atoms with Crippen LogP contribution in [0.15, 0.2) is 71.3 Å². The van der Waals surface area contributed by atoms with Crippen LogP contribution < -0.4 is 10.2 Å². The molecule has 2 aliphatic carbocycles. The lowest BCUT2D eigenvalue weighted by Crippen LogP contribution is -2.57. The molecule has 2 aliphatic rings. The van der Waals surface area contributed by atoms with Crippen molar-refractivity contribution < 1.29 is 14.0 Å². The third-order valence-corrected chi connectivity index (χ3v) is 9.91. The first-order valence-corrected chi connectivity index (χ1v) is 15.1. The molecule has 42 heavy (non-hydrogen) atoms. The molecule has 0 aliphatic heterocycles. The minimum Gasteiger partial charge on any atom is -0.467 e. The Morgan fingerprint density at radius 1 is 1.00 bits per heavy atom. The molecule has 7 heteroatoms. The zero-order valence-corrected chi connectivity index (χ0v) is 25.4. The summed E-state index contributed by atoms with van der Waals surface area (Å²) < 4.78 is 5.72. The number of aryl methyl sites for hydroxylation is 1. The zero-order valence-electron chi connectivity index (χ0n) is 25.4. The number of rotatable bonds is 9. The van der Waals surface area contributed by atoms with Gasteiger partial charge in [0.25, 0.3) is 0 Å². The number of anilines is 2. The summed E-state index contributed by atoms with van der Waals surface area (Å²) in [5.41, 5.74) is 4.48. The average molecular weight is 567 g/mol. The third kappa shape index (κ3) is 4.89. The van der Waals surface area contributed by atoms with Gasteiger partial charge in [-0.25, -0.2) is 0 Å². The Kier molecular flexibility index (Phi) is 7.16. The number of carbonyl (C=O) groups excluding carboxylic acids is 2. The molecule has 2 amide bonds. The average Bonchev–Trinajstić information content (AvgIpc) is 3.54. The van der Waals surface area contributed by atoms with Crippen molar-refractivity contribution >= 4 is 34.1 Å². The van der Waals surface area contributed by atoms with Crippen LogP contribution in [0.4, 0.5) is 11.4 Å². The molecule has 220 valence electrons. The van der Waals surface area contributed by atoms with Crippen LogP contribution in [-0.4, -0.2) is 41.3 Å². The Morgan fingerprint density at radius 2 is 1.71 bits per heavy atom. The van der Waals surface area contributed by atoms with E-state index in [0.717, 1.165) is 29.7 Å². The third-order valence-electron chi connectivity index (χ3n) is 9.91. The number of hydrogen-bond acceptors (Lipinski definition) is 4.